The van der Waals surface area contributed by atoms with Crippen molar-refractivity contribution >= 4 is 21.8 Å². The fraction of sp³-hybridized carbons (Fsp3) is 0.0192. The largest absolute Gasteiger partial charge is 0.309 e. The normalized spacial score (nSPS) is 12.8. The van der Waals surface area contributed by atoms with Crippen LogP contribution in [0.25, 0.3) is 72.7 Å². The average molecular weight is 715 g/mol. The number of fused-ring (bicyclic) bond motifs is 6. The topological polar surface area (TPSA) is 43.6 Å². The molecule has 0 aliphatic heterocycles. The van der Waals surface area contributed by atoms with Gasteiger partial charge < -0.3 is 4.57 Å². The molecule has 0 radical (unpaired) electrons. The van der Waals surface area contributed by atoms with Crippen molar-refractivity contribution in [3.8, 4) is 50.8 Å². The summed E-state index contributed by atoms with van der Waals surface area (Å²) in [5, 5.41) is 2.38. The maximum absolute atomic E-state index is 5.63. The molecule has 3 heterocycles. The number of nitrogens with zero attached hydrogens (tertiary/aromatic N) is 4. The molecular weight excluding hydrogens is 681 g/mol. The summed E-state index contributed by atoms with van der Waals surface area (Å²) in [5.41, 5.74) is 14.4. The number of rotatable bonds is 6. The summed E-state index contributed by atoms with van der Waals surface area (Å²) in [6, 6.07) is 71.2. The number of hydrogen-bond acceptors (Lipinski definition) is 3. The number of benzene rings is 7. The zero-order valence-corrected chi connectivity index (χ0v) is 30.4. The molecule has 4 nitrogen and oxygen atoms in total. The molecule has 4 heteroatoms. The molecule has 0 saturated carbocycles. The monoisotopic (exact) mass is 714 g/mol. The molecule has 0 fully saturated rings. The third-order valence-corrected chi connectivity index (χ3v) is 11.3. The Labute approximate surface area is 325 Å². The number of pyridine rings is 1. The molecule has 1 aliphatic carbocycles. The van der Waals surface area contributed by atoms with Crippen molar-refractivity contribution in [1.82, 2.24) is 19.5 Å². The second kappa shape index (κ2) is 12.9. The SMILES string of the molecule is c1ccc(-n2c3ccccc3c3cc(-c4nc(-c5ccc(-c6ccccn6)cc5)nc5c4C(c4ccccc4)(c4ccccc4)c4ccccc4-5)ccc32)cc1. The zero-order valence-electron chi connectivity index (χ0n) is 30.4. The van der Waals surface area contributed by atoms with E-state index in [4.69, 9.17) is 9.97 Å². The van der Waals surface area contributed by atoms with Gasteiger partial charge in [0.2, 0.25) is 0 Å². The van der Waals surface area contributed by atoms with E-state index in [0.717, 1.165) is 56.1 Å². The second-order valence-corrected chi connectivity index (χ2v) is 14.4. The maximum atomic E-state index is 5.63. The summed E-state index contributed by atoms with van der Waals surface area (Å²) in [4.78, 5) is 15.7. The summed E-state index contributed by atoms with van der Waals surface area (Å²) in [5.74, 6) is 0.685. The Hall–Kier alpha value is -7.43. The highest BCUT2D eigenvalue weighted by Crippen LogP contribution is 2.58. The van der Waals surface area contributed by atoms with Gasteiger partial charge in [-0.25, -0.2) is 9.97 Å². The maximum Gasteiger partial charge on any atom is 0.160 e. The van der Waals surface area contributed by atoms with Crippen LogP contribution in [-0.2, 0) is 5.41 Å². The van der Waals surface area contributed by atoms with E-state index in [1.165, 1.54) is 33.0 Å². The zero-order chi connectivity index (χ0) is 37.1. The summed E-state index contributed by atoms with van der Waals surface area (Å²) in [7, 11) is 0. The van der Waals surface area contributed by atoms with E-state index in [0.29, 0.717) is 5.82 Å². The molecule has 262 valence electrons. The van der Waals surface area contributed by atoms with E-state index in [2.05, 4.69) is 192 Å². The highest BCUT2D eigenvalue weighted by Gasteiger charge is 2.49. The highest BCUT2D eigenvalue weighted by atomic mass is 15.0. The van der Waals surface area contributed by atoms with E-state index in [-0.39, 0.29) is 0 Å². The fourth-order valence-electron chi connectivity index (χ4n) is 8.94. The smallest absolute Gasteiger partial charge is 0.160 e. The van der Waals surface area contributed by atoms with Crippen LogP contribution in [0.2, 0.25) is 0 Å². The van der Waals surface area contributed by atoms with Crippen LogP contribution < -0.4 is 0 Å². The Morgan fingerprint density at radius 1 is 0.429 bits per heavy atom. The lowest BCUT2D eigenvalue weighted by Gasteiger charge is -2.34. The molecule has 0 bridgehead atoms. The van der Waals surface area contributed by atoms with Crippen molar-refractivity contribution in [2.24, 2.45) is 0 Å². The fourth-order valence-corrected chi connectivity index (χ4v) is 8.94. The van der Waals surface area contributed by atoms with Gasteiger partial charge in [0, 0.05) is 50.5 Å². The Morgan fingerprint density at radius 2 is 1.02 bits per heavy atom. The van der Waals surface area contributed by atoms with Crippen LogP contribution in [0.1, 0.15) is 22.3 Å². The van der Waals surface area contributed by atoms with Crippen molar-refractivity contribution in [2.75, 3.05) is 0 Å². The summed E-state index contributed by atoms with van der Waals surface area (Å²) >= 11 is 0. The molecule has 7 aromatic carbocycles. The lowest BCUT2D eigenvalue weighted by Crippen LogP contribution is -2.29. The van der Waals surface area contributed by atoms with E-state index in [1.807, 2.05) is 24.4 Å². The van der Waals surface area contributed by atoms with Crippen LogP contribution in [0.5, 0.6) is 0 Å². The van der Waals surface area contributed by atoms with E-state index in [1.54, 1.807) is 0 Å². The van der Waals surface area contributed by atoms with Crippen LogP contribution in [0.3, 0.4) is 0 Å². The molecule has 1 aliphatic rings. The number of para-hydroxylation sites is 2. The van der Waals surface area contributed by atoms with Gasteiger partial charge in [0.05, 0.1) is 33.5 Å². The van der Waals surface area contributed by atoms with Crippen LogP contribution in [-0.4, -0.2) is 19.5 Å². The van der Waals surface area contributed by atoms with Gasteiger partial charge in [0.25, 0.3) is 0 Å². The molecular formula is C52H34N4. The van der Waals surface area contributed by atoms with Crippen LogP contribution in [0.4, 0.5) is 0 Å². The predicted octanol–water partition coefficient (Wildman–Crippen LogP) is 12.3. The minimum Gasteiger partial charge on any atom is -0.309 e. The standard InChI is InChI=1S/C52H34N4/c1-4-16-38(17-5-1)52(39-18-6-2-7-19-39)44-24-12-10-23-42(44)50-48(52)49(54-51(55-50)36-29-27-35(28-30-36)45-25-14-15-33-53-45)37-31-32-47-43(34-37)41-22-11-13-26-46(41)56(47)40-20-8-3-9-21-40/h1-34H. The molecule has 0 spiro atoms. The third kappa shape index (κ3) is 4.83. The van der Waals surface area contributed by atoms with Crippen LogP contribution in [0.15, 0.2) is 206 Å². The average Bonchev–Trinajstić information content (AvgIpc) is 3.78. The van der Waals surface area contributed by atoms with Crippen molar-refractivity contribution < 1.29 is 0 Å². The lowest BCUT2D eigenvalue weighted by atomic mass is 9.67. The number of aromatic nitrogens is 4. The van der Waals surface area contributed by atoms with Gasteiger partial charge >= 0.3 is 0 Å². The minimum atomic E-state index is -0.669. The molecule has 0 saturated heterocycles. The van der Waals surface area contributed by atoms with Crippen molar-refractivity contribution in [2.45, 2.75) is 5.41 Å². The van der Waals surface area contributed by atoms with Crippen LogP contribution in [0, 0.1) is 0 Å². The Morgan fingerprint density at radius 3 is 1.75 bits per heavy atom. The first kappa shape index (κ1) is 32.0. The van der Waals surface area contributed by atoms with Crippen LogP contribution >= 0.6 is 0 Å². The predicted molar refractivity (Wildman–Crippen MR) is 228 cm³/mol. The first-order valence-electron chi connectivity index (χ1n) is 19.0. The molecule has 0 atom stereocenters. The van der Waals surface area contributed by atoms with Crippen molar-refractivity contribution in [1.29, 1.82) is 0 Å². The first-order chi connectivity index (χ1) is 27.8. The molecule has 10 aromatic rings. The van der Waals surface area contributed by atoms with Gasteiger partial charge in [-0.2, -0.15) is 0 Å². The second-order valence-electron chi connectivity index (χ2n) is 14.4. The quantitative estimate of drug-likeness (QED) is 0.172. The first-order valence-corrected chi connectivity index (χ1v) is 19.0. The van der Waals surface area contributed by atoms with E-state index in [9.17, 15) is 0 Å². The Balaban J connectivity index is 1.23. The summed E-state index contributed by atoms with van der Waals surface area (Å²) < 4.78 is 2.36. The van der Waals surface area contributed by atoms with Gasteiger partial charge in [-0.3, -0.25) is 4.98 Å². The third-order valence-electron chi connectivity index (χ3n) is 11.3. The van der Waals surface area contributed by atoms with Gasteiger partial charge in [-0.05, 0) is 59.2 Å². The van der Waals surface area contributed by atoms with Crippen molar-refractivity contribution in [3.63, 3.8) is 0 Å². The van der Waals surface area contributed by atoms with E-state index >= 15 is 0 Å². The Kier molecular flexibility index (Phi) is 7.36. The summed E-state index contributed by atoms with van der Waals surface area (Å²) in [6.07, 6.45) is 1.83. The van der Waals surface area contributed by atoms with E-state index < -0.39 is 5.41 Å². The van der Waals surface area contributed by atoms with Gasteiger partial charge in [0.15, 0.2) is 5.82 Å². The molecule has 11 rings (SSSR count). The lowest BCUT2D eigenvalue weighted by molar-refractivity contribution is 0.763. The molecule has 0 amide bonds. The van der Waals surface area contributed by atoms with Gasteiger partial charge in [0.1, 0.15) is 0 Å². The van der Waals surface area contributed by atoms with Crippen molar-refractivity contribution in [3.05, 3.63) is 229 Å². The molecule has 0 N–H and O–H groups in total. The van der Waals surface area contributed by atoms with Gasteiger partial charge in [-0.1, -0.05) is 158 Å². The number of hydrogen-bond donors (Lipinski definition) is 0. The molecule has 3 aromatic heterocycles. The molecule has 56 heavy (non-hydrogen) atoms. The summed E-state index contributed by atoms with van der Waals surface area (Å²) in [6.45, 7) is 0. The molecule has 0 unspecified atom stereocenters. The minimum absolute atomic E-state index is 0.669. The Bertz CT molecular complexity index is 3010. The highest BCUT2D eigenvalue weighted by molar-refractivity contribution is 6.10. The van der Waals surface area contributed by atoms with Gasteiger partial charge in [-0.15, -0.1) is 0 Å².